The Hall–Kier alpha value is -1.48. The second kappa shape index (κ2) is 9.43. The van der Waals surface area contributed by atoms with Crippen LogP contribution in [0.5, 0.6) is 0 Å². The van der Waals surface area contributed by atoms with Crippen LogP contribution in [0.4, 0.5) is 4.39 Å². The number of oxime groups is 1. The fourth-order valence-electron chi connectivity index (χ4n) is 5.27. The van der Waals surface area contributed by atoms with Crippen molar-refractivity contribution in [1.29, 1.82) is 0 Å². The van der Waals surface area contributed by atoms with Gasteiger partial charge in [0.25, 0.3) is 0 Å². The van der Waals surface area contributed by atoms with E-state index in [9.17, 15) is 17.6 Å². The summed E-state index contributed by atoms with van der Waals surface area (Å²) in [5.74, 6) is -0.112. The van der Waals surface area contributed by atoms with E-state index in [1.165, 1.54) is 29.0 Å². The quantitative estimate of drug-likeness (QED) is 0.310. The highest BCUT2D eigenvalue weighted by molar-refractivity contribution is 7.91. The van der Waals surface area contributed by atoms with Crippen LogP contribution in [0.2, 0.25) is 10.0 Å². The zero-order valence-electron chi connectivity index (χ0n) is 19.3. The van der Waals surface area contributed by atoms with Gasteiger partial charge in [-0.1, -0.05) is 28.4 Å². The van der Waals surface area contributed by atoms with Crippen molar-refractivity contribution < 1.29 is 22.4 Å². The third-order valence-electron chi connectivity index (χ3n) is 7.34. The molecular formula is C25H26Cl2FNO4S2. The minimum atomic E-state index is -2.95. The van der Waals surface area contributed by atoms with E-state index >= 15 is 0 Å². The number of rotatable bonds is 5. The molecule has 2 aliphatic heterocycles. The molecular weight excluding hydrogens is 532 g/mol. The maximum atomic E-state index is 13.9. The summed E-state index contributed by atoms with van der Waals surface area (Å²) in [7, 11) is -2.95. The van der Waals surface area contributed by atoms with Crippen molar-refractivity contribution in [2.45, 2.75) is 63.9 Å². The summed E-state index contributed by atoms with van der Waals surface area (Å²) < 4.78 is 37.5. The van der Waals surface area contributed by atoms with Crippen LogP contribution in [-0.4, -0.2) is 31.4 Å². The Morgan fingerprint density at radius 2 is 1.80 bits per heavy atom. The SMILES string of the molecule is CC1(c2cc(Cl)c(F)c(Cl)c2)CC(c2sc(C(=O)CC3CCS(=O)(=O)CC3)c3c2CCCC3)=NO1. The van der Waals surface area contributed by atoms with E-state index in [1.54, 1.807) is 0 Å². The van der Waals surface area contributed by atoms with Crippen molar-refractivity contribution in [2.24, 2.45) is 11.1 Å². The fourth-order valence-corrected chi connectivity index (χ4v) is 8.67. The first-order valence-electron chi connectivity index (χ1n) is 11.8. The minimum absolute atomic E-state index is 0.0670. The Kier molecular flexibility index (Phi) is 6.79. The lowest BCUT2D eigenvalue weighted by Gasteiger charge is -2.22. The molecule has 35 heavy (non-hydrogen) atoms. The Labute approximate surface area is 218 Å². The highest BCUT2D eigenvalue weighted by Gasteiger charge is 2.40. The summed E-state index contributed by atoms with van der Waals surface area (Å²) in [5.41, 5.74) is 2.86. The molecule has 1 unspecified atom stereocenters. The fraction of sp³-hybridized carbons (Fsp3) is 0.520. The van der Waals surface area contributed by atoms with Gasteiger partial charge in [0.1, 0.15) is 15.5 Å². The number of thiophene rings is 1. The number of hydrogen-bond donors (Lipinski definition) is 0. The van der Waals surface area contributed by atoms with Gasteiger partial charge in [-0.05, 0) is 74.6 Å². The number of fused-ring (bicyclic) bond motifs is 1. The van der Waals surface area contributed by atoms with Gasteiger partial charge in [0.15, 0.2) is 17.2 Å². The van der Waals surface area contributed by atoms with Gasteiger partial charge in [-0.25, -0.2) is 12.8 Å². The Bertz CT molecular complexity index is 1300. The maximum absolute atomic E-state index is 13.9. The molecule has 1 aromatic carbocycles. The van der Waals surface area contributed by atoms with Crippen molar-refractivity contribution in [1.82, 2.24) is 0 Å². The van der Waals surface area contributed by atoms with E-state index < -0.39 is 21.3 Å². The molecule has 0 saturated carbocycles. The lowest BCUT2D eigenvalue weighted by molar-refractivity contribution is -0.00742. The van der Waals surface area contributed by atoms with Crippen molar-refractivity contribution >= 4 is 55.9 Å². The molecule has 0 bridgehead atoms. The Balaban J connectivity index is 1.40. The summed E-state index contributed by atoms with van der Waals surface area (Å²) in [5, 5.41) is 4.26. The van der Waals surface area contributed by atoms with E-state index in [4.69, 9.17) is 28.0 Å². The predicted molar refractivity (Wildman–Crippen MR) is 137 cm³/mol. The van der Waals surface area contributed by atoms with Gasteiger partial charge < -0.3 is 4.84 Å². The average molecular weight is 559 g/mol. The summed E-state index contributed by atoms with van der Waals surface area (Å²) in [6, 6.07) is 3.04. The monoisotopic (exact) mass is 557 g/mol. The number of sulfone groups is 1. The molecule has 5 rings (SSSR count). The molecule has 0 radical (unpaired) electrons. The molecule has 0 amide bonds. The first-order chi connectivity index (χ1) is 16.6. The molecule has 188 valence electrons. The van der Waals surface area contributed by atoms with Crippen LogP contribution in [0.15, 0.2) is 17.3 Å². The van der Waals surface area contributed by atoms with E-state index in [2.05, 4.69) is 5.16 Å². The number of ketones is 1. The summed E-state index contributed by atoms with van der Waals surface area (Å²) >= 11 is 13.5. The van der Waals surface area contributed by atoms with Crippen LogP contribution in [0.3, 0.4) is 0 Å². The van der Waals surface area contributed by atoms with Gasteiger partial charge in [0.2, 0.25) is 0 Å². The van der Waals surface area contributed by atoms with E-state index in [0.717, 1.165) is 46.7 Å². The molecule has 1 atom stereocenters. The van der Waals surface area contributed by atoms with Crippen LogP contribution in [0.1, 0.15) is 76.7 Å². The van der Waals surface area contributed by atoms with Crippen molar-refractivity contribution in [3.8, 4) is 0 Å². The summed E-state index contributed by atoms with van der Waals surface area (Å²) in [6.45, 7) is 1.87. The number of nitrogens with zero attached hydrogens (tertiary/aromatic N) is 1. The van der Waals surface area contributed by atoms with Crippen LogP contribution in [-0.2, 0) is 33.1 Å². The number of hydrogen-bond acceptors (Lipinski definition) is 6. The van der Waals surface area contributed by atoms with E-state index in [0.29, 0.717) is 31.2 Å². The number of Topliss-reactive ketones (excluding diaryl/α,β-unsaturated/α-hetero) is 1. The molecule has 1 aliphatic carbocycles. The summed E-state index contributed by atoms with van der Waals surface area (Å²) in [4.78, 5) is 21.0. The molecule has 3 heterocycles. The van der Waals surface area contributed by atoms with Crippen molar-refractivity contribution in [3.05, 3.63) is 54.4 Å². The van der Waals surface area contributed by atoms with Crippen LogP contribution in [0, 0.1) is 11.7 Å². The third kappa shape index (κ3) is 4.91. The molecule has 2 aromatic rings. The zero-order chi connectivity index (χ0) is 25.0. The van der Waals surface area contributed by atoms with Gasteiger partial charge in [-0.2, -0.15) is 0 Å². The lowest BCUT2D eigenvalue weighted by Crippen LogP contribution is -2.25. The number of carbonyl (C=O) groups is 1. The summed E-state index contributed by atoms with van der Waals surface area (Å²) in [6.07, 6.45) is 5.78. The van der Waals surface area contributed by atoms with Gasteiger partial charge in [0.05, 0.1) is 31.3 Å². The first kappa shape index (κ1) is 25.2. The van der Waals surface area contributed by atoms with Crippen LogP contribution >= 0.6 is 34.5 Å². The second-order valence-corrected chi connectivity index (χ2v) is 14.1. The topological polar surface area (TPSA) is 72.8 Å². The van der Waals surface area contributed by atoms with Gasteiger partial charge >= 0.3 is 0 Å². The highest BCUT2D eigenvalue weighted by atomic mass is 35.5. The normalized spacial score (nSPS) is 24.1. The highest BCUT2D eigenvalue weighted by Crippen LogP contribution is 2.43. The maximum Gasteiger partial charge on any atom is 0.173 e. The standard InChI is InChI=1S/C25H26Cl2FNO4S2/c1-25(15-11-18(26)22(28)19(27)12-15)13-20(29-33-25)23-16-4-2-3-5-17(16)24(34-23)21(30)10-14-6-8-35(31,32)9-7-14/h11-12,14H,2-10,13H2,1H3. The molecule has 1 fully saturated rings. The number of halogens is 3. The van der Waals surface area contributed by atoms with Gasteiger partial charge in [-0.3, -0.25) is 4.79 Å². The van der Waals surface area contributed by atoms with Gasteiger partial charge in [0, 0.05) is 18.4 Å². The largest absolute Gasteiger partial charge is 0.384 e. The minimum Gasteiger partial charge on any atom is -0.384 e. The molecule has 10 heteroatoms. The number of carbonyl (C=O) groups excluding carboxylic acids is 1. The molecule has 1 aromatic heterocycles. The molecule has 1 saturated heterocycles. The number of benzene rings is 1. The Morgan fingerprint density at radius 1 is 1.17 bits per heavy atom. The van der Waals surface area contributed by atoms with Crippen molar-refractivity contribution in [2.75, 3.05) is 11.5 Å². The first-order valence-corrected chi connectivity index (χ1v) is 15.2. The Morgan fingerprint density at radius 3 is 2.46 bits per heavy atom. The van der Waals surface area contributed by atoms with Crippen LogP contribution < -0.4 is 0 Å². The van der Waals surface area contributed by atoms with E-state index in [1.807, 2.05) is 6.92 Å². The molecule has 0 spiro atoms. The third-order valence-corrected chi connectivity index (χ3v) is 11.0. The zero-order valence-corrected chi connectivity index (χ0v) is 22.5. The lowest BCUT2D eigenvalue weighted by atomic mass is 9.86. The van der Waals surface area contributed by atoms with E-state index in [-0.39, 0.29) is 33.3 Å². The smallest absolute Gasteiger partial charge is 0.173 e. The second-order valence-electron chi connectivity index (χ2n) is 9.94. The molecule has 5 nitrogen and oxygen atoms in total. The predicted octanol–water partition coefficient (Wildman–Crippen LogP) is 6.51. The average Bonchev–Trinajstić information content (AvgIpc) is 3.40. The van der Waals surface area contributed by atoms with Crippen LogP contribution in [0.25, 0.3) is 0 Å². The van der Waals surface area contributed by atoms with Crippen molar-refractivity contribution in [3.63, 3.8) is 0 Å². The molecule has 0 N–H and O–H groups in total. The van der Waals surface area contributed by atoms with Gasteiger partial charge in [-0.15, -0.1) is 11.3 Å². The molecule has 3 aliphatic rings.